The summed E-state index contributed by atoms with van der Waals surface area (Å²) < 4.78 is 0. The van der Waals surface area contributed by atoms with Crippen molar-refractivity contribution >= 4 is 17.7 Å². The third-order valence-corrected chi connectivity index (χ3v) is 3.75. The lowest BCUT2D eigenvalue weighted by molar-refractivity contribution is -0.384. The molecular formula is C15H19N3O3. The van der Waals surface area contributed by atoms with Gasteiger partial charge in [0.25, 0.3) is 5.69 Å². The maximum atomic E-state index is 12.1. The van der Waals surface area contributed by atoms with Crippen molar-refractivity contribution in [3.05, 3.63) is 46.0 Å². The first-order valence-corrected chi connectivity index (χ1v) is 6.92. The summed E-state index contributed by atoms with van der Waals surface area (Å²) in [5.41, 5.74) is 6.36. The molecule has 6 heteroatoms. The second kappa shape index (κ2) is 6.49. The summed E-state index contributed by atoms with van der Waals surface area (Å²) in [4.78, 5) is 24.0. The van der Waals surface area contributed by atoms with E-state index in [0.29, 0.717) is 18.0 Å². The fraction of sp³-hybridized carbons (Fsp3) is 0.400. The van der Waals surface area contributed by atoms with Gasteiger partial charge in [0.15, 0.2) is 0 Å². The van der Waals surface area contributed by atoms with Crippen LogP contribution in [0.1, 0.15) is 18.4 Å². The lowest BCUT2D eigenvalue weighted by atomic mass is 10.1. The predicted molar refractivity (Wildman–Crippen MR) is 80.5 cm³/mol. The molecule has 0 aliphatic heterocycles. The van der Waals surface area contributed by atoms with Gasteiger partial charge in [-0.15, -0.1) is 0 Å². The maximum Gasteiger partial charge on any atom is 0.270 e. The maximum absolute atomic E-state index is 12.1. The fourth-order valence-electron chi connectivity index (χ4n) is 2.34. The molecule has 1 atom stereocenters. The molecule has 1 aromatic carbocycles. The molecule has 2 rings (SSSR count). The highest BCUT2D eigenvalue weighted by atomic mass is 16.6. The van der Waals surface area contributed by atoms with Crippen LogP contribution in [0.25, 0.3) is 6.08 Å². The van der Waals surface area contributed by atoms with Crippen molar-refractivity contribution < 1.29 is 9.72 Å². The minimum absolute atomic E-state index is 0.00997. The van der Waals surface area contributed by atoms with E-state index in [1.54, 1.807) is 30.2 Å². The minimum atomic E-state index is -0.456. The van der Waals surface area contributed by atoms with Gasteiger partial charge in [-0.1, -0.05) is 12.1 Å². The number of benzene rings is 1. The molecule has 0 saturated heterocycles. The highest BCUT2D eigenvalue weighted by molar-refractivity contribution is 5.92. The number of rotatable bonds is 6. The second-order valence-electron chi connectivity index (χ2n) is 5.28. The van der Waals surface area contributed by atoms with Crippen LogP contribution in [0.15, 0.2) is 30.3 Å². The number of likely N-dealkylation sites (N-methyl/N-ethyl adjacent to an activating group) is 1. The molecule has 1 aromatic rings. The fourth-order valence-corrected chi connectivity index (χ4v) is 2.34. The smallest absolute Gasteiger partial charge is 0.270 e. The van der Waals surface area contributed by atoms with Gasteiger partial charge >= 0.3 is 0 Å². The normalized spacial score (nSPS) is 15.9. The van der Waals surface area contributed by atoms with E-state index < -0.39 is 4.92 Å². The first-order valence-electron chi connectivity index (χ1n) is 6.92. The molecule has 0 heterocycles. The zero-order chi connectivity index (χ0) is 15.4. The molecule has 112 valence electrons. The van der Waals surface area contributed by atoms with Gasteiger partial charge in [0, 0.05) is 37.8 Å². The number of non-ortho nitro benzene ring substituents is 1. The summed E-state index contributed by atoms with van der Waals surface area (Å²) in [6.07, 6.45) is 5.26. The molecule has 0 aromatic heterocycles. The number of carbonyl (C=O) groups is 1. The van der Waals surface area contributed by atoms with Crippen molar-refractivity contribution in [3.8, 4) is 0 Å². The average Bonchev–Trinajstić information content (AvgIpc) is 3.30. The Hall–Kier alpha value is -2.21. The Morgan fingerprint density at radius 3 is 2.86 bits per heavy atom. The van der Waals surface area contributed by atoms with E-state index in [1.165, 1.54) is 18.2 Å². The summed E-state index contributed by atoms with van der Waals surface area (Å²) in [7, 11) is 1.75. The highest BCUT2D eigenvalue weighted by Gasteiger charge is 2.34. The Bertz CT molecular complexity index is 567. The number of nitrogens with two attached hydrogens (primary N) is 1. The Kier molecular flexibility index (Phi) is 4.70. The Balaban J connectivity index is 2.04. The first kappa shape index (κ1) is 15.2. The molecule has 1 amide bonds. The summed E-state index contributed by atoms with van der Waals surface area (Å²) in [6.45, 7) is 0.456. The van der Waals surface area contributed by atoms with Crippen LogP contribution in [-0.4, -0.2) is 35.4 Å². The number of carbonyl (C=O) groups excluding carboxylic acids is 1. The Labute approximate surface area is 123 Å². The van der Waals surface area contributed by atoms with Crippen molar-refractivity contribution in [2.45, 2.75) is 18.9 Å². The van der Waals surface area contributed by atoms with Crippen LogP contribution in [0.3, 0.4) is 0 Å². The standard InChI is InChI=1S/C15H19N3O3/c1-17(14(10-16)12-6-7-12)15(19)8-5-11-3-2-4-13(9-11)18(20)21/h2-5,8-9,12,14H,6-7,10,16H2,1H3/b8-5+. The number of nitro groups is 1. The third-order valence-electron chi connectivity index (χ3n) is 3.75. The van der Waals surface area contributed by atoms with E-state index >= 15 is 0 Å². The number of hydrogen-bond donors (Lipinski definition) is 1. The van der Waals surface area contributed by atoms with E-state index in [-0.39, 0.29) is 17.6 Å². The summed E-state index contributed by atoms with van der Waals surface area (Å²) in [6, 6.07) is 6.25. The Morgan fingerprint density at radius 1 is 1.57 bits per heavy atom. The van der Waals surface area contributed by atoms with Crippen molar-refractivity contribution in [3.63, 3.8) is 0 Å². The van der Waals surface area contributed by atoms with Crippen LogP contribution in [-0.2, 0) is 4.79 Å². The summed E-state index contributed by atoms with van der Waals surface area (Å²) in [5, 5.41) is 10.7. The summed E-state index contributed by atoms with van der Waals surface area (Å²) >= 11 is 0. The molecule has 0 spiro atoms. The SMILES string of the molecule is CN(C(=O)/C=C/c1cccc([N+](=O)[O-])c1)C(CN)C1CC1. The molecule has 2 N–H and O–H groups in total. The van der Waals surface area contributed by atoms with Gasteiger partial charge in [-0.05, 0) is 30.4 Å². The topological polar surface area (TPSA) is 89.5 Å². The Morgan fingerprint density at radius 2 is 2.29 bits per heavy atom. The van der Waals surface area contributed by atoms with E-state index in [4.69, 9.17) is 5.73 Å². The predicted octanol–water partition coefficient (Wildman–Crippen LogP) is 1.80. The van der Waals surface area contributed by atoms with Gasteiger partial charge in [0.1, 0.15) is 0 Å². The lowest BCUT2D eigenvalue weighted by Gasteiger charge is -2.25. The molecule has 21 heavy (non-hydrogen) atoms. The van der Waals surface area contributed by atoms with Gasteiger partial charge in [-0.2, -0.15) is 0 Å². The monoisotopic (exact) mass is 289 g/mol. The van der Waals surface area contributed by atoms with E-state index in [9.17, 15) is 14.9 Å². The van der Waals surface area contributed by atoms with E-state index in [0.717, 1.165) is 12.8 Å². The quantitative estimate of drug-likeness (QED) is 0.491. The largest absolute Gasteiger partial charge is 0.338 e. The van der Waals surface area contributed by atoms with Crippen molar-refractivity contribution in [1.29, 1.82) is 0 Å². The summed E-state index contributed by atoms with van der Waals surface area (Å²) in [5.74, 6) is 0.374. The number of nitro benzene ring substituents is 1. The van der Waals surface area contributed by atoms with Gasteiger partial charge in [-0.25, -0.2) is 0 Å². The van der Waals surface area contributed by atoms with Gasteiger partial charge in [0.05, 0.1) is 4.92 Å². The first-order chi connectivity index (χ1) is 10.0. The number of amides is 1. The van der Waals surface area contributed by atoms with Crippen LogP contribution in [0, 0.1) is 16.0 Å². The zero-order valence-corrected chi connectivity index (χ0v) is 11.9. The van der Waals surface area contributed by atoms with Crippen molar-refractivity contribution in [2.24, 2.45) is 11.7 Å². The molecule has 1 saturated carbocycles. The molecule has 1 fully saturated rings. The van der Waals surface area contributed by atoms with Crippen LogP contribution in [0.5, 0.6) is 0 Å². The highest BCUT2D eigenvalue weighted by Crippen LogP contribution is 2.34. The second-order valence-corrected chi connectivity index (χ2v) is 5.28. The molecule has 1 aliphatic carbocycles. The van der Waals surface area contributed by atoms with E-state index in [1.807, 2.05) is 0 Å². The van der Waals surface area contributed by atoms with Crippen LogP contribution in [0.4, 0.5) is 5.69 Å². The molecule has 0 bridgehead atoms. The minimum Gasteiger partial charge on any atom is -0.338 e. The third kappa shape index (κ3) is 3.88. The van der Waals surface area contributed by atoms with Gasteiger partial charge < -0.3 is 10.6 Å². The van der Waals surface area contributed by atoms with Gasteiger partial charge in [-0.3, -0.25) is 14.9 Å². The van der Waals surface area contributed by atoms with Crippen LogP contribution >= 0.6 is 0 Å². The lowest BCUT2D eigenvalue weighted by Crippen LogP contribution is -2.42. The molecule has 1 unspecified atom stereocenters. The molecule has 6 nitrogen and oxygen atoms in total. The molecular weight excluding hydrogens is 270 g/mol. The molecule has 0 radical (unpaired) electrons. The van der Waals surface area contributed by atoms with Gasteiger partial charge in [0.2, 0.25) is 5.91 Å². The molecule has 1 aliphatic rings. The van der Waals surface area contributed by atoms with Crippen LogP contribution in [0.2, 0.25) is 0 Å². The van der Waals surface area contributed by atoms with Crippen molar-refractivity contribution in [1.82, 2.24) is 4.90 Å². The number of hydrogen-bond acceptors (Lipinski definition) is 4. The average molecular weight is 289 g/mol. The zero-order valence-electron chi connectivity index (χ0n) is 11.9. The number of nitrogens with zero attached hydrogens (tertiary/aromatic N) is 2. The van der Waals surface area contributed by atoms with Crippen LogP contribution < -0.4 is 5.73 Å². The van der Waals surface area contributed by atoms with E-state index in [2.05, 4.69) is 0 Å². The van der Waals surface area contributed by atoms with Crippen molar-refractivity contribution in [2.75, 3.05) is 13.6 Å².